The molecule has 2 rings (SSSR count). The van der Waals surface area contributed by atoms with Crippen molar-refractivity contribution < 1.29 is 23.5 Å². The smallest absolute Gasteiger partial charge is 0.407 e. The predicted octanol–water partition coefficient (Wildman–Crippen LogP) is 2.54. The van der Waals surface area contributed by atoms with Crippen LogP contribution >= 0.6 is 7.75 Å². The molecule has 0 aromatic carbocycles. The van der Waals surface area contributed by atoms with Crippen molar-refractivity contribution in [3.63, 3.8) is 0 Å². The van der Waals surface area contributed by atoms with E-state index in [9.17, 15) is 9.36 Å². The van der Waals surface area contributed by atoms with Crippen molar-refractivity contribution in [1.82, 2.24) is 9.99 Å². The highest BCUT2D eigenvalue weighted by Crippen LogP contribution is 2.48. The Morgan fingerprint density at radius 1 is 1.29 bits per heavy atom. The van der Waals surface area contributed by atoms with Gasteiger partial charge in [-0.3, -0.25) is 9.05 Å². The van der Waals surface area contributed by atoms with Gasteiger partial charge in [-0.05, 0) is 44.9 Å². The third kappa shape index (κ3) is 4.42. The van der Waals surface area contributed by atoms with Crippen molar-refractivity contribution >= 4 is 13.8 Å². The molecule has 1 amide bonds. The number of rotatable bonds is 7. The van der Waals surface area contributed by atoms with Crippen molar-refractivity contribution in [2.45, 2.75) is 39.2 Å². The molecule has 0 bridgehead atoms. The van der Waals surface area contributed by atoms with E-state index in [0.717, 1.165) is 6.42 Å². The van der Waals surface area contributed by atoms with Gasteiger partial charge in [-0.1, -0.05) is 0 Å². The predicted molar refractivity (Wildman–Crippen MR) is 78.2 cm³/mol. The summed E-state index contributed by atoms with van der Waals surface area (Å²) >= 11 is 0. The second kappa shape index (κ2) is 7.09. The third-order valence-electron chi connectivity index (χ3n) is 4.09. The number of amides is 1. The maximum atomic E-state index is 12.6. The molecular formula is C13H25N2O5P. The molecule has 0 aromatic rings. The summed E-state index contributed by atoms with van der Waals surface area (Å²) in [4.78, 5) is 12.5. The second-order valence-corrected chi connectivity index (χ2v) is 7.36. The standard InChI is InChI=1S/C13H25N2O5P/c1-3-19-21(18,20-4-2)14-12-9-15(13(16)17)8-7-11(12)10-5-6-10/h10-12H,3-9H2,1-2H3,(H,14,18)(H,16,17). The molecule has 0 radical (unpaired) electrons. The fourth-order valence-corrected chi connectivity index (χ4v) is 4.61. The summed E-state index contributed by atoms with van der Waals surface area (Å²) in [6.45, 7) is 4.97. The van der Waals surface area contributed by atoms with Crippen LogP contribution in [-0.4, -0.2) is 48.4 Å². The maximum absolute atomic E-state index is 12.6. The van der Waals surface area contributed by atoms with Gasteiger partial charge in [0.15, 0.2) is 0 Å². The molecule has 2 fully saturated rings. The molecule has 7 nitrogen and oxygen atoms in total. The van der Waals surface area contributed by atoms with Gasteiger partial charge in [0.05, 0.1) is 13.2 Å². The maximum Gasteiger partial charge on any atom is 0.407 e. The summed E-state index contributed by atoms with van der Waals surface area (Å²) < 4.78 is 23.2. The van der Waals surface area contributed by atoms with Crippen LogP contribution in [0.1, 0.15) is 33.1 Å². The lowest BCUT2D eigenvalue weighted by Crippen LogP contribution is -2.52. The van der Waals surface area contributed by atoms with E-state index in [-0.39, 0.29) is 19.3 Å². The van der Waals surface area contributed by atoms with E-state index < -0.39 is 13.8 Å². The van der Waals surface area contributed by atoms with Crippen molar-refractivity contribution in [3.8, 4) is 0 Å². The first kappa shape index (κ1) is 16.7. The molecule has 1 saturated carbocycles. The lowest BCUT2D eigenvalue weighted by molar-refractivity contribution is 0.102. The lowest BCUT2D eigenvalue weighted by atomic mass is 9.88. The van der Waals surface area contributed by atoms with E-state index in [0.29, 0.717) is 24.9 Å². The number of carbonyl (C=O) groups is 1. The normalized spacial score (nSPS) is 26.9. The zero-order chi connectivity index (χ0) is 15.5. The number of carboxylic acid groups (broad SMARTS) is 1. The first-order valence-electron chi connectivity index (χ1n) is 7.64. The van der Waals surface area contributed by atoms with E-state index in [2.05, 4.69) is 5.09 Å². The molecule has 0 aromatic heterocycles. The second-order valence-electron chi connectivity index (χ2n) is 5.59. The molecule has 0 spiro atoms. The summed E-state index contributed by atoms with van der Waals surface area (Å²) in [7, 11) is -3.36. The first-order valence-corrected chi connectivity index (χ1v) is 9.18. The molecule has 122 valence electrons. The molecular weight excluding hydrogens is 295 g/mol. The van der Waals surface area contributed by atoms with Crippen molar-refractivity contribution in [1.29, 1.82) is 0 Å². The highest BCUT2D eigenvalue weighted by molar-refractivity contribution is 7.51. The van der Waals surface area contributed by atoms with Gasteiger partial charge in [-0.15, -0.1) is 0 Å². The van der Waals surface area contributed by atoms with Crippen LogP contribution in [-0.2, 0) is 13.6 Å². The highest BCUT2D eigenvalue weighted by Gasteiger charge is 2.43. The Morgan fingerprint density at radius 2 is 1.90 bits per heavy atom. The van der Waals surface area contributed by atoms with Gasteiger partial charge < -0.3 is 10.0 Å². The minimum absolute atomic E-state index is 0.175. The van der Waals surface area contributed by atoms with Crippen LogP contribution in [0.2, 0.25) is 0 Å². The molecule has 2 aliphatic rings. The van der Waals surface area contributed by atoms with E-state index >= 15 is 0 Å². The van der Waals surface area contributed by atoms with Crippen LogP contribution in [0.4, 0.5) is 4.79 Å². The van der Waals surface area contributed by atoms with Crippen molar-refractivity contribution in [2.24, 2.45) is 11.8 Å². The SMILES string of the molecule is CCOP(=O)(NC1CN(C(=O)O)CCC1C1CC1)OCC. The van der Waals surface area contributed by atoms with Crippen LogP contribution in [0.15, 0.2) is 0 Å². The monoisotopic (exact) mass is 320 g/mol. The molecule has 2 N–H and O–H groups in total. The van der Waals surface area contributed by atoms with Gasteiger partial charge in [-0.25, -0.2) is 14.4 Å². The molecule has 1 aliphatic heterocycles. The third-order valence-corrected chi connectivity index (χ3v) is 5.93. The molecule has 1 aliphatic carbocycles. The van der Waals surface area contributed by atoms with Crippen LogP contribution in [0, 0.1) is 11.8 Å². The van der Waals surface area contributed by atoms with Crippen LogP contribution < -0.4 is 5.09 Å². The molecule has 21 heavy (non-hydrogen) atoms. The molecule has 1 heterocycles. The minimum atomic E-state index is -3.36. The average molecular weight is 320 g/mol. The van der Waals surface area contributed by atoms with Gasteiger partial charge in [0.1, 0.15) is 0 Å². The summed E-state index contributed by atoms with van der Waals surface area (Å²) in [6, 6.07) is -0.175. The number of hydrogen-bond donors (Lipinski definition) is 2. The molecule has 1 saturated heterocycles. The minimum Gasteiger partial charge on any atom is -0.465 e. The number of likely N-dealkylation sites (tertiary alicyclic amines) is 1. The van der Waals surface area contributed by atoms with Gasteiger partial charge in [0.25, 0.3) is 0 Å². The Kier molecular flexibility index (Phi) is 5.66. The Morgan fingerprint density at radius 3 is 2.38 bits per heavy atom. The number of nitrogens with one attached hydrogen (secondary N) is 1. The van der Waals surface area contributed by atoms with E-state index in [1.54, 1.807) is 13.8 Å². The fourth-order valence-electron chi connectivity index (χ4n) is 3.02. The molecule has 2 unspecified atom stereocenters. The van der Waals surface area contributed by atoms with Gasteiger partial charge >= 0.3 is 13.8 Å². The zero-order valence-corrected chi connectivity index (χ0v) is 13.6. The van der Waals surface area contributed by atoms with Crippen LogP contribution in [0.25, 0.3) is 0 Å². The number of piperidine rings is 1. The Labute approximate surface area is 125 Å². The topological polar surface area (TPSA) is 88.1 Å². The fraction of sp³-hybridized carbons (Fsp3) is 0.923. The summed E-state index contributed by atoms with van der Waals surface area (Å²) in [5, 5.41) is 12.2. The number of nitrogens with zero attached hydrogens (tertiary/aromatic N) is 1. The van der Waals surface area contributed by atoms with Crippen LogP contribution in [0.5, 0.6) is 0 Å². The van der Waals surface area contributed by atoms with Gasteiger partial charge in [-0.2, -0.15) is 0 Å². The van der Waals surface area contributed by atoms with E-state index in [4.69, 9.17) is 14.2 Å². The first-order chi connectivity index (χ1) is 9.99. The van der Waals surface area contributed by atoms with Crippen LogP contribution in [0.3, 0.4) is 0 Å². The Bertz CT molecular complexity index is 405. The number of hydrogen-bond acceptors (Lipinski definition) is 4. The van der Waals surface area contributed by atoms with E-state index in [1.165, 1.54) is 17.7 Å². The van der Waals surface area contributed by atoms with Crippen molar-refractivity contribution in [3.05, 3.63) is 0 Å². The van der Waals surface area contributed by atoms with Gasteiger partial charge in [0, 0.05) is 19.1 Å². The van der Waals surface area contributed by atoms with Crippen molar-refractivity contribution in [2.75, 3.05) is 26.3 Å². The zero-order valence-electron chi connectivity index (χ0n) is 12.7. The average Bonchev–Trinajstić information content (AvgIpc) is 3.23. The molecule has 2 atom stereocenters. The lowest BCUT2D eigenvalue weighted by Gasteiger charge is -2.39. The Balaban J connectivity index is 2.07. The van der Waals surface area contributed by atoms with E-state index in [1.807, 2.05) is 0 Å². The Hall–Kier alpha value is -0.620. The largest absolute Gasteiger partial charge is 0.465 e. The summed E-state index contributed by atoms with van der Waals surface area (Å²) in [5.41, 5.74) is 0. The van der Waals surface area contributed by atoms with Gasteiger partial charge in [0.2, 0.25) is 0 Å². The summed E-state index contributed by atoms with van der Waals surface area (Å²) in [6.07, 6.45) is 2.21. The quantitative estimate of drug-likeness (QED) is 0.701. The highest BCUT2D eigenvalue weighted by atomic mass is 31.2. The molecule has 8 heteroatoms. The summed E-state index contributed by atoms with van der Waals surface area (Å²) in [5.74, 6) is 0.949.